The highest BCUT2D eigenvalue weighted by molar-refractivity contribution is 5.94. The highest BCUT2D eigenvalue weighted by atomic mass is 16.5. The van der Waals surface area contributed by atoms with Gasteiger partial charge in [0, 0.05) is 25.1 Å². The molecule has 0 radical (unpaired) electrons. The number of nitrogens with one attached hydrogen (secondary N) is 2. The van der Waals surface area contributed by atoms with E-state index < -0.39 is 0 Å². The summed E-state index contributed by atoms with van der Waals surface area (Å²) in [5.74, 6) is 0.963. The van der Waals surface area contributed by atoms with Gasteiger partial charge in [-0.2, -0.15) is 0 Å². The highest BCUT2D eigenvalue weighted by Crippen LogP contribution is 2.26. The average Bonchev–Trinajstić information content (AvgIpc) is 2.58. The van der Waals surface area contributed by atoms with Gasteiger partial charge < -0.3 is 15.4 Å². The maximum atomic E-state index is 11.7. The number of carbonyl (C=O) groups excluding carboxylic acids is 2. The zero-order valence-electron chi connectivity index (χ0n) is 14.5. The van der Waals surface area contributed by atoms with E-state index >= 15 is 0 Å². The first kappa shape index (κ1) is 18.3. The maximum Gasteiger partial charge on any atom is 0.224 e. The fraction of sp³-hybridized carbons (Fsp3) is 0.579. The van der Waals surface area contributed by atoms with E-state index in [2.05, 4.69) is 17.6 Å². The van der Waals surface area contributed by atoms with Crippen LogP contribution in [0.5, 0.6) is 5.75 Å². The first-order chi connectivity index (χ1) is 11.7. The number of ether oxygens (including phenoxy) is 1. The summed E-state index contributed by atoms with van der Waals surface area (Å²) >= 11 is 0. The summed E-state index contributed by atoms with van der Waals surface area (Å²) in [7, 11) is 0. The normalized spacial score (nSPS) is 13.1. The van der Waals surface area contributed by atoms with E-state index in [1.165, 1.54) is 19.3 Å². The van der Waals surface area contributed by atoms with Crippen LogP contribution in [-0.4, -0.2) is 25.0 Å². The van der Waals surface area contributed by atoms with E-state index in [-0.39, 0.29) is 11.8 Å². The number of carbonyl (C=O) groups is 2. The molecule has 132 valence electrons. The van der Waals surface area contributed by atoms with Crippen molar-refractivity contribution in [3.05, 3.63) is 23.8 Å². The Bertz CT molecular complexity index is 558. The molecule has 1 aromatic rings. The van der Waals surface area contributed by atoms with Gasteiger partial charge in [0.25, 0.3) is 0 Å². The number of anilines is 1. The zero-order chi connectivity index (χ0) is 17.2. The molecule has 0 bridgehead atoms. The number of unbranched alkanes of at least 4 members (excludes halogenated alkanes) is 3. The van der Waals surface area contributed by atoms with Crippen molar-refractivity contribution in [2.45, 2.75) is 58.3 Å². The number of hydrogen-bond acceptors (Lipinski definition) is 3. The molecule has 24 heavy (non-hydrogen) atoms. The van der Waals surface area contributed by atoms with Gasteiger partial charge in [-0.1, -0.05) is 26.2 Å². The minimum atomic E-state index is 0.0666. The standard InChI is InChI=1S/C19H28N2O3/c1-2-3-4-5-12-20-18(22)7-6-13-24-16-9-10-17-15(14-16)8-11-19(23)21-17/h9-10,14H,2-8,11-13H2,1H3,(H,20,22)(H,21,23). The zero-order valence-corrected chi connectivity index (χ0v) is 14.5. The van der Waals surface area contributed by atoms with Crippen LogP contribution in [0.3, 0.4) is 0 Å². The third kappa shape index (κ3) is 6.22. The summed E-state index contributed by atoms with van der Waals surface area (Å²) in [5, 5.41) is 5.80. The highest BCUT2D eigenvalue weighted by Gasteiger charge is 2.14. The lowest BCUT2D eigenvalue weighted by molar-refractivity contribution is -0.121. The number of fused-ring (bicyclic) bond motifs is 1. The molecule has 1 aromatic carbocycles. The molecule has 0 aromatic heterocycles. The van der Waals surface area contributed by atoms with Gasteiger partial charge in [0.05, 0.1) is 6.61 Å². The van der Waals surface area contributed by atoms with Crippen molar-refractivity contribution in [1.29, 1.82) is 0 Å². The molecule has 2 amide bonds. The molecular formula is C19H28N2O3. The van der Waals surface area contributed by atoms with Crippen molar-refractivity contribution in [1.82, 2.24) is 5.32 Å². The Morgan fingerprint density at radius 1 is 1.21 bits per heavy atom. The van der Waals surface area contributed by atoms with E-state index in [4.69, 9.17) is 4.74 Å². The number of hydrogen-bond donors (Lipinski definition) is 2. The van der Waals surface area contributed by atoms with Gasteiger partial charge in [0.2, 0.25) is 11.8 Å². The Balaban J connectivity index is 1.60. The van der Waals surface area contributed by atoms with Crippen LogP contribution in [0.2, 0.25) is 0 Å². The van der Waals surface area contributed by atoms with Crippen LogP contribution in [0.15, 0.2) is 18.2 Å². The summed E-state index contributed by atoms with van der Waals surface area (Å²) in [6.45, 7) is 3.47. The van der Waals surface area contributed by atoms with Crippen LogP contribution in [-0.2, 0) is 16.0 Å². The number of amides is 2. The average molecular weight is 332 g/mol. The molecule has 0 saturated carbocycles. The Hall–Kier alpha value is -2.04. The van der Waals surface area contributed by atoms with E-state index in [0.717, 1.165) is 36.4 Å². The van der Waals surface area contributed by atoms with E-state index in [1.807, 2.05) is 18.2 Å². The largest absolute Gasteiger partial charge is 0.494 e. The van der Waals surface area contributed by atoms with Gasteiger partial charge in [-0.15, -0.1) is 0 Å². The van der Waals surface area contributed by atoms with E-state index in [9.17, 15) is 9.59 Å². The van der Waals surface area contributed by atoms with Gasteiger partial charge in [0.1, 0.15) is 5.75 Å². The summed E-state index contributed by atoms with van der Waals surface area (Å²) in [5.41, 5.74) is 1.98. The molecule has 5 nitrogen and oxygen atoms in total. The third-order valence-corrected chi connectivity index (χ3v) is 4.14. The molecule has 5 heteroatoms. The lowest BCUT2D eigenvalue weighted by Gasteiger charge is -2.17. The molecule has 2 N–H and O–H groups in total. The topological polar surface area (TPSA) is 67.4 Å². The number of rotatable bonds is 10. The van der Waals surface area contributed by atoms with Crippen molar-refractivity contribution >= 4 is 17.5 Å². The van der Waals surface area contributed by atoms with Crippen LogP contribution < -0.4 is 15.4 Å². The van der Waals surface area contributed by atoms with Gasteiger partial charge in [-0.25, -0.2) is 0 Å². The molecule has 0 unspecified atom stereocenters. The minimum Gasteiger partial charge on any atom is -0.494 e. The molecule has 0 saturated heterocycles. The molecule has 0 aliphatic carbocycles. The Morgan fingerprint density at radius 2 is 2.08 bits per heavy atom. The molecule has 1 aliphatic heterocycles. The first-order valence-corrected chi connectivity index (χ1v) is 9.01. The SMILES string of the molecule is CCCCCCNC(=O)CCCOc1ccc2c(c1)CCC(=O)N2. The van der Waals surface area contributed by atoms with Crippen molar-refractivity contribution in [2.75, 3.05) is 18.5 Å². The molecule has 1 aliphatic rings. The van der Waals surface area contributed by atoms with Crippen LogP contribution in [0.4, 0.5) is 5.69 Å². The molecule has 0 atom stereocenters. The lowest BCUT2D eigenvalue weighted by atomic mass is 10.0. The predicted octanol–water partition coefficient (Wildman–Crippen LogP) is 3.43. The van der Waals surface area contributed by atoms with E-state index in [0.29, 0.717) is 25.9 Å². The fourth-order valence-corrected chi connectivity index (χ4v) is 2.74. The first-order valence-electron chi connectivity index (χ1n) is 9.01. The van der Waals surface area contributed by atoms with Crippen LogP contribution >= 0.6 is 0 Å². The fourth-order valence-electron chi connectivity index (χ4n) is 2.74. The lowest BCUT2D eigenvalue weighted by Crippen LogP contribution is -2.24. The van der Waals surface area contributed by atoms with Crippen molar-refractivity contribution < 1.29 is 14.3 Å². The predicted molar refractivity (Wildman–Crippen MR) is 95.3 cm³/mol. The molecular weight excluding hydrogens is 304 g/mol. The quantitative estimate of drug-likeness (QED) is 0.645. The van der Waals surface area contributed by atoms with Crippen LogP contribution in [0.25, 0.3) is 0 Å². The Kier molecular flexibility index (Phi) is 7.59. The summed E-state index contributed by atoms with van der Waals surface area (Å²) in [6, 6.07) is 5.71. The summed E-state index contributed by atoms with van der Waals surface area (Å²) in [6.07, 6.45) is 7.14. The molecule has 0 spiro atoms. The van der Waals surface area contributed by atoms with E-state index in [1.54, 1.807) is 0 Å². The van der Waals surface area contributed by atoms with Gasteiger partial charge >= 0.3 is 0 Å². The van der Waals surface area contributed by atoms with Gasteiger partial charge in [-0.05, 0) is 43.0 Å². The molecule has 2 rings (SSSR count). The summed E-state index contributed by atoms with van der Waals surface area (Å²) < 4.78 is 5.71. The number of benzene rings is 1. The van der Waals surface area contributed by atoms with Crippen molar-refractivity contribution in [2.24, 2.45) is 0 Å². The van der Waals surface area contributed by atoms with Gasteiger partial charge in [0.15, 0.2) is 0 Å². The smallest absolute Gasteiger partial charge is 0.224 e. The second-order valence-electron chi connectivity index (χ2n) is 6.23. The molecule has 0 fully saturated rings. The minimum absolute atomic E-state index is 0.0666. The van der Waals surface area contributed by atoms with Crippen molar-refractivity contribution in [3.63, 3.8) is 0 Å². The van der Waals surface area contributed by atoms with Crippen molar-refractivity contribution in [3.8, 4) is 5.75 Å². The maximum absolute atomic E-state index is 11.7. The second kappa shape index (κ2) is 9.96. The van der Waals surface area contributed by atoms with Gasteiger partial charge in [-0.3, -0.25) is 9.59 Å². The second-order valence-corrected chi connectivity index (χ2v) is 6.23. The Morgan fingerprint density at radius 3 is 2.92 bits per heavy atom. The number of aryl methyl sites for hydroxylation is 1. The Labute approximate surface area is 144 Å². The summed E-state index contributed by atoms with van der Waals surface area (Å²) in [4.78, 5) is 23.0. The van der Waals surface area contributed by atoms with Crippen LogP contribution in [0, 0.1) is 0 Å². The molecule has 1 heterocycles. The van der Waals surface area contributed by atoms with Crippen LogP contribution in [0.1, 0.15) is 57.4 Å². The monoisotopic (exact) mass is 332 g/mol. The third-order valence-electron chi connectivity index (χ3n) is 4.14.